The second-order valence-electron chi connectivity index (χ2n) is 2.67. The largest absolute Gasteiger partial charge is 0.480 e. The van der Waals surface area contributed by atoms with Crippen LogP contribution in [0.5, 0.6) is 0 Å². The first-order valence-corrected chi connectivity index (χ1v) is 3.24. The molecule has 6 nitrogen and oxygen atoms in total. The average molecular weight is 176 g/mol. The standard InChI is InChI=1S/C6H12N2O4/c1-6(2,4(9)10)8-7-5(11)12-3/h8H,1-3H3,(H,7,11)(H,9,10). The SMILES string of the molecule is COC(=O)NNC(C)(C)C(=O)O. The van der Waals surface area contributed by atoms with Crippen LogP contribution in [-0.4, -0.2) is 29.8 Å². The van der Waals surface area contributed by atoms with Crippen LogP contribution in [-0.2, 0) is 9.53 Å². The quantitative estimate of drug-likeness (QED) is 0.514. The summed E-state index contributed by atoms with van der Waals surface area (Å²) >= 11 is 0. The minimum Gasteiger partial charge on any atom is -0.480 e. The third-order valence-corrected chi connectivity index (χ3v) is 1.20. The smallest absolute Gasteiger partial charge is 0.421 e. The summed E-state index contributed by atoms with van der Waals surface area (Å²) < 4.78 is 4.22. The van der Waals surface area contributed by atoms with E-state index in [1.807, 2.05) is 0 Å². The highest BCUT2D eigenvalue weighted by molar-refractivity contribution is 5.78. The highest BCUT2D eigenvalue weighted by Gasteiger charge is 2.27. The van der Waals surface area contributed by atoms with Crippen LogP contribution < -0.4 is 10.9 Å². The molecule has 0 aliphatic heterocycles. The molecule has 0 spiro atoms. The molecule has 0 aliphatic rings. The van der Waals surface area contributed by atoms with Crippen molar-refractivity contribution in [2.75, 3.05) is 7.11 Å². The Morgan fingerprint density at radius 3 is 2.25 bits per heavy atom. The maximum absolute atomic E-state index is 10.5. The number of amides is 1. The fraction of sp³-hybridized carbons (Fsp3) is 0.667. The number of hydrazine groups is 1. The van der Waals surface area contributed by atoms with Crippen molar-refractivity contribution < 1.29 is 19.4 Å². The molecule has 0 aromatic heterocycles. The summed E-state index contributed by atoms with van der Waals surface area (Å²) in [5.74, 6) is -1.07. The van der Waals surface area contributed by atoms with Crippen molar-refractivity contribution in [1.82, 2.24) is 10.9 Å². The second kappa shape index (κ2) is 3.91. The Kier molecular flexibility index (Phi) is 3.49. The number of rotatable bonds is 3. The van der Waals surface area contributed by atoms with Crippen LogP contribution in [0.1, 0.15) is 13.8 Å². The third kappa shape index (κ3) is 3.20. The van der Waals surface area contributed by atoms with Crippen molar-refractivity contribution in [3.63, 3.8) is 0 Å². The molecular formula is C6H12N2O4. The molecule has 0 fully saturated rings. The van der Waals surface area contributed by atoms with Crippen molar-refractivity contribution in [3.05, 3.63) is 0 Å². The van der Waals surface area contributed by atoms with E-state index in [0.29, 0.717) is 0 Å². The molecule has 0 heterocycles. The van der Waals surface area contributed by atoms with Crippen molar-refractivity contribution in [2.24, 2.45) is 0 Å². The summed E-state index contributed by atoms with van der Waals surface area (Å²) in [5.41, 5.74) is 3.13. The van der Waals surface area contributed by atoms with Crippen LogP contribution in [0.3, 0.4) is 0 Å². The predicted molar refractivity (Wildman–Crippen MR) is 40.4 cm³/mol. The lowest BCUT2D eigenvalue weighted by molar-refractivity contribution is -0.143. The number of carboxylic acids is 1. The molecular weight excluding hydrogens is 164 g/mol. The summed E-state index contributed by atoms with van der Waals surface area (Å²) in [6, 6.07) is 0. The Morgan fingerprint density at radius 2 is 1.92 bits per heavy atom. The number of methoxy groups -OCH3 is 1. The maximum Gasteiger partial charge on any atom is 0.421 e. The van der Waals surface area contributed by atoms with Gasteiger partial charge in [0.25, 0.3) is 0 Å². The summed E-state index contributed by atoms with van der Waals surface area (Å²) in [6.07, 6.45) is -0.732. The van der Waals surface area contributed by atoms with Crippen LogP contribution >= 0.6 is 0 Å². The fourth-order valence-electron chi connectivity index (χ4n) is 0.312. The predicted octanol–water partition coefficient (Wildman–Crippen LogP) is -0.290. The van der Waals surface area contributed by atoms with Gasteiger partial charge >= 0.3 is 12.1 Å². The van der Waals surface area contributed by atoms with Gasteiger partial charge in [-0.3, -0.25) is 10.2 Å². The van der Waals surface area contributed by atoms with E-state index in [1.54, 1.807) is 0 Å². The van der Waals surface area contributed by atoms with E-state index in [4.69, 9.17) is 5.11 Å². The minimum absolute atomic E-state index is 0.732. The molecule has 0 atom stereocenters. The van der Waals surface area contributed by atoms with E-state index in [1.165, 1.54) is 21.0 Å². The number of carbonyl (C=O) groups is 2. The van der Waals surface area contributed by atoms with Crippen LogP contribution in [0.4, 0.5) is 4.79 Å². The lowest BCUT2D eigenvalue weighted by Gasteiger charge is -2.20. The molecule has 12 heavy (non-hydrogen) atoms. The van der Waals surface area contributed by atoms with Crippen LogP contribution in [0.2, 0.25) is 0 Å². The normalized spacial score (nSPS) is 10.6. The monoisotopic (exact) mass is 176 g/mol. The Bertz CT molecular complexity index is 190. The molecule has 0 saturated heterocycles. The average Bonchev–Trinajstić information content (AvgIpc) is 2.00. The van der Waals surface area contributed by atoms with Gasteiger partial charge < -0.3 is 9.84 Å². The lowest BCUT2D eigenvalue weighted by Crippen LogP contribution is -2.55. The van der Waals surface area contributed by atoms with E-state index in [2.05, 4.69) is 15.6 Å². The summed E-state index contributed by atoms with van der Waals surface area (Å²) in [7, 11) is 1.19. The van der Waals surface area contributed by atoms with Gasteiger partial charge in [0.05, 0.1) is 7.11 Å². The first-order chi connectivity index (χ1) is 5.40. The minimum atomic E-state index is -1.21. The van der Waals surface area contributed by atoms with Crippen molar-refractivity contribution >= 4 is 12.1 Å². The van der Waals surface area contributed by atoms with Crippen LogP contribution in [0.25, 0.3) is 0 Å². The summed E-state index contributed by atoms with van der Waals surface area (Å²) in [5, 5.41) is 8.57. The number of carbonyl (C=O) groups excluding carboxylic acids is 1. The van der Waals surface area contributed by atoms with Gasteiger partial charge in [0, 0.05) is 0 Å². The molecule has 3 N–H and O–H groups in total. The van der Waals surface area contributed by atoms with Crippen LogP contribution in [0, 0.1) is 0 Å². The maximum atomic E-state index is 10.5. The Labute approximate surface area is 69.9 Å². The number of aliphatic carboxylic acids is 1. The van der Waals surface area contributed by atoms with E-state index in [9.17, 15) is 9.59 Å². The number of hydrogen-bond donors (Lipinski definition) is 3. The van der Waals surface area contributed by atoms with Gasteiger partial charge in [0.15, 0.2) is 0 Å². The Morgan fingerprint density at radius 1 is 1.42 bits per heavy atom. The topological polar surface area (TPSA) is 87.7 Å². The van der Waals surface area contributed by atoms with Gasteiger partial charge in [-0.2, -0.15) is 0 Å². The first-order valence-electron chi connectivity index (χ1n) is 3.24. The molecule has 0 rings (SSSR count). The van der Waals surface area contributed by atoms with Gasteiger partial charge in [-0.05, 0) is 13.8 Å². The molecule has 0 radical (unpaired) electrons. The molecule has 0 saturated carbocycles. The van der Waals surface area contributed by atoms with Gasteiger partial charge in [0.2, 0.25) is 0 Å². The second-order valence-corrected chi connectivity index (χ2v) is 2.67. The Hall–Kier alpha value is -1.30. The van der Waals surface area contributed by atoms with E-state index in [-0.39, 0.29) is 0 Å². The summed E-state index contributed by atoms with van der Waals surface area (Å²) in [6.45, 7) is 2.82. The molecule has 0 bridgehead atoms. The number of ether oxygens (including phenoxy) is 1. The first kappa shape index (κ1) is 10.7. The zero-order valence-electron chi connectivity index (χ0n) is 7.17. The highest BCUT2D eigenvalue weighted by Crippen LogP contribution is 1.98. The van der Waals surface area contributed by atoms with Crippen LogP contribution in [0.15, 0.2) is 0 Å². The number of nitrogens with one attached hydrogen (secondary N) is 2. The van der Waals surface area contributed by atoms with Gasteiger partial charge in [-0.25, -0.2) is 10.2 Å². The van der Waals surface area contributed by atoms with Crippen molar-refractivity contribution in [3.8, 4) is 0 Å². The Balaban J connectivity index is 3.92. The molecule has 0 aromatic carbocycles. The summed E-state index contributed by atoms with van der Waals surface area (Å²) in [4.78, 5) is 21.0. The zero-order chi connectivity index (χ0) is 9.78. The molecule has 0 aromatic rings. The lowest BCUT2D eigenvalue weighted by atomic mass is 10.1. The van der Waals surface area contributed by atoms with Gasteiger partial charge in [-0.1, -0.05) is 0 Å². The van der Waals surface area contributed by atoms with E-state index < -0.39 is 17.6 Å². The molecule has 1 amide bonds. The van der Waals surface area contributed by atoms with Crippen molar-refractivity contribution in [1.29, 1.82) is 0 Å². The van der Waals surface area contributed by atoms with Gasteiger partial charge in [0.1, 0.15) is 5.54 Å². The van der Waals surface area contributed by atoms with Crippen molar-refractivity contribution in [2.45, 2.75) is 19.4 Å². The van der Waals surface area contributed by atoms with E-state index >= 15 is 0 Å². The van der Waals surface area contributed by atoms with E-state index in [0.717, 1.165) is 0 Å². The third-order valence-electron chi connectivity index (χ3n) is 1.20. The number of carboxylic acid groups (broad SMARTS) is 1. The highest BCUT2D eigenvalue weighted by atomic mass is 16.5. The molecule has 6 heteroatoms. The molecule has 70 valence electrons. The fourth-order valence-corrected chi connectivity index (χ4v) is 0.312. The molecule has 0 aliphatic carbocycles. The number of hydrogen-bond acceptors (Lipinski definition) is 4. The van der Waals surface area contributed by atoms with Gasteiger partial charge in [-0.15, -0.1) is 0 Å². The zero-order valence-corrected chi connectivity index (χ0v) is 7.17. The molecule has 0 unspecified atom stereocenters.